The summed E-state index contributed by atoms with van der Waals surface area (Å²) in [5.41, 5.74) is 7.29. The molecule has 0 saturated heterocycles. The van der Waals surface area contributed by atoms with Crippen molar-refractivity contribution in [2.45, 2.75) is 25.3 Å². The van der Waals surface area contributed by atoms with Crippen molar-refractivity contribution in [3.63, 3.8) is 0 Å². The van der Waals surface area contributed by atoms with Gasteiger partial charge in [-0.2, -0.15) is 0 Å². The highest BCUT2D eigenvalue weighted by Gasteiger charge is 2.25. The average Bonchev–Trinajstić information content (AvgIpc) is 2.94. The maximum Gasteiger partial charge on any atom is 0.231 e. The fourth-order valence-corrected chi connectivity index (χ4v) is 1.99. The van der Waals surface area contributed by atoms with Crippen LogP contribution >= 0.6 is 12.4 Å². The molecule has 88 valence electrons. The van der Waals surface area contributed by atoms with Crippen LogP contribution in [0.4, 0.5) is 0 Å². The van der Waals surface area contributed by atoms with Gasteiger partial charge in [-0.15, -0.1) is 12.4 Å². The van der Waals surface area contributed by atoms with Crippen molar-refractivity contribution in [3.05, 3.63) is 23.8 Å². The summed E-state index contributed by atoms with van der Waals surface area (Å²) in [6, 6.07) is 6.15. The molecule has 2 aliphatic rings. The Hall–Kier alpha value is -0.930. The van der Waals surface area contributed by atoms with Gasteiger partial charge in [0.1, 0.15) is 0 Å². The summed E-state index contributed by atoms with van der Waals surface area (Å²) in [5, 5.41) is 0. The second-order valence-electron chi connectivity index (χ2n) is 4.40. The first-order chi connectivity index (χ1) is 7.33. The fraction of sp³-hybridized carbons (Fsp3) is 0.500. The summed E-state index contributed by atoms with van der Waals surface area (Å²) in [6.07, 6.45) is 3.79. The van der Waals surface area contributed by atoms with E-state index in [4.69, 9.17) is 15.2 Å². The molecule has 0 amide bonds. The Morgan fingerprint density at radius 1 is 1.25 bits per heavy atom. The van der Waals surface area contributed by atoms with E-state index in [-0.39, 0.29) is 18.4 Å². The second kappa shape index (κ2) is 4.52. The molecule has 3 nitrogen and oxygen atoms in total. The molecule has 1 heterocycles. The van der Waals surface area contributed by atoms with E-state index in [0.717, 1.165) is 29.4 Å². The molecular formula is C12H16ClNO2. The fourth-order valence-electron chi connectivity index (χ4n) is 1.99. The smallest absolute Gasteiger partial charge is 0.231 e. The van der Waals surface area contributed by atoms with Crippen molar-refractivity contribution in [3.8, 4) is 11.5 Å². The third-order valence-electron chi connectivity index (χ3n) is 3.11. The minimum absolute atomic E-state index is 0. The van der Waals surface area contributed by atoms with E-state index in [1.807, 2.05) is 18.2 Å². The standard InChI is InChI=1S/C12H15NO2.ClH/c13-10(5-8-1-2-8)9-3-4-11-12(6-9)15-7-14-11;/h3-4,6,8,10H,1-2,5,7,13H2;1H/t10-;/m0./s1. The van der Waals surface area contributed by atoms with Crippen LogP contribution in [-0.4, -0.2) is 6.79 Å². The minimum Gasteiger partial charge on any atom is -0.454 e. The second-order valence-corrected chi connectivity index (χ2v) is 4.40. The van der Waals surface area contributed by atoms with Crippen LogP contribution in [0.15, 0.2) is 18.2 Å². The number of benzene rings is 1. The Kier molecular flexibility index (Phi) is 3.26. The van der Waals surface area contributed by atoms with Crippen LogP contribution in [0.25, 0.3) is 0 Å². The first-order valence-corrected chi connectivity index (χ1v) is 5.48. The molecule has 1 saturated carbocycles. The van der Waals surface area contributed by atoms with Gasteiger partial charge in [0, 0.05) is 6.04 Å². The van der Waals surface area contributed by atoms with Gasteiger partial charge in [0.2, 0.25) is 6.79 Å². The van der Waals surface area contributed by atoms with Gasteiger partial charge in [0.15, 0.2) is 11.5 Å². The molecule has 1 fully saturated rings. The number of halogens is 1. The lowest BCUT2D eigenvalue weighted by atomic mass is 10.0. The largest absolute Gasteiger partial charge is 0.454 e. The molecule has 1 aliphatic heterocycles. The van der Waals surface area contributed by atoms with Crippen molar-refractivity contribution in [2.75, 3.05) is 6.79 Å². The zero-order chi connectivity index (χ0) is 10.3. The Bertz CT molecular complexity index is 379. The van der Waals surface area contributed by atoms with Crippen molar-refractivity contribution < 1.29 is 9.47 Å². The quantitative estimate of drug-likeness (QED) is 0.885. The molecule has 0 unspecified atom stereocenters. The third-order valence-corrected chi connectivity index (χ3v) is 3.11. The molecule has 0 radical (unpaired) electrons. The van der Waals surface area contributed by atoms with Crippen LogP contribution in [0.3, 0.4) is 0 Å². The molecule has 0 bridgehead atoms. The van der Waals surface area contributed by atoms with E-state index in [1.165, 1.54) is 12.8 Å². The molecular weight excluding hydrogens is 226 g/mol. The van der Waals surface area contributed by atoms with E-state index < -0.39 is 0 Å². The monoisotopic (exact) mass is 241 g/mol. The van der Waals surface area contributed by atoms with E-state index in [0.29, 0.717) is 6.79 Å². The van der Waals surface area contributed by atoms with Gasteiger partial charge in [0.25, 0.3) is 0 Å². The highest BCUT2D eigenvalue weighted by molar-refractivity contribution is 5.85. The van der Waals surface area contributed by atoms with Crippen molar-refractivity contribution in [1.29, 1.82) is 0 Å². The predicted molar refractivity (Wildman–Crippen MR) is 64.1 cm³/mol. The van der Waals surface area contributed by atoms with Crippen LogP contribution < -0.4 is 15.2 Å². The average molecular weight is 242 g/mol. The Balaban J connectivity index is 0.000000963. The Morgan fingerprint density at radius 2 is 2.00 bits per heavy atom. The van der Waals surface area contributed by atoms with E-state index in [1.54, 1.807) is 0 Å². The number of hydrogen-bond donors (Lipinski definition) is 1. The Labute approximate surface area is 101 Å². The minimum atomic E-state index is 0. The number of rotatable bonds is 3. The summed E-state index contributed by atoms with van der Waals surface area (Å²) in [7, 11) is 0. The maximum atomic E-state index is 6.13. The molecule has 3 rings (SSSR count). The van der Waals surface area contributed by atoms with Gasteiger partial charge in [-0.05, 0) is 30.0 Å². The highest BCUT2D eigenvalue weighted by Crippen LogP contribution is 2.39. The number of ether oxygens (including phenoxy) is 2. The molecule has 4 heteroatoms. The zero-order valence-electron chi connectivity index (χ0n) is 9.02. The van der Waals surface area contributed by atoms with E-state index >= 15 is 0 Å². The van der Waals surface area contributed by atoms with Gasteiger partial charge >= 0.3 is 0 Å². The molecule has 0 aromatic heterocycles. The predicted octanol–water partition coefficient (Wildman–Crippen LogP) is 2.64. The van der Waals surface area contributed by atoms with Crippen LogP contribution in [0, 0.1) is 5.92 Å². The zero-order valence-corrected chi connectivity index (χ0v) is 9.83. The van der Waals surface area contributed by atoms with Gasteiger partial charge in [0.05, 0.1) is 0 Å². The van der Waals surface area contributed by atoms with Crippen LogP contribution in [-0.2, 0) is 0 Å². The lowest BCUT2D eigenvalue weighted by molar-refractivity contribution is 0.174. The molecule has 2 N–H and O–H groups in total. The summed E-state index contributed by atoms with van der Waals surface area (Å²) < 4.78 is 10.6. The molecule has 0 spiro atoms. The third kappa shape index (κ3) is 2.25. The first-order valence-electron chi connectivity index (χ1n) is 5.48. The van der Waals surface area contributed by atoms with Gasteiger partial charge in [-0.25, -0.2) is 0 Å². The first kappa shape index (κ1) is 11.6. The normalized spacial score (nSPS) is 19.1. The van der Waals surface area contributed by atoms with Crippen molar-refractivity contribution >= 4 is 12.4 Å². The molecule has 1 aromatic carbocycles. The van der Waals surface area contributed by atoms with Crippen LogP contribution in [0.2, 0.25) is 0 Å². The Morgan fingerprint density at radius 3 is 2.75 bits per heavy atom. The van der Waals surface area contributed by atoms with Gasteiger partial charge in [-0.3, -0.25) is 0 Å². The number of nitrogens with two attached hydrogens (primary N) is 1. The van der Waals surface area contributed by atoms with Crippen molar-refractivity contribution in [2.24, 2.45) is 11.7 Å². The lowest BCUT2D eigenvalue weighted by Crippen LogP contribution is -2.10. The van der Waals surface area contributed by atoms with Crippen LogP contribution in [0.5, 0.6) is 11.5 Å². The molecule has 16 heavy (non-hydrogen) atoms. The summed E-state index contributed by atoms with van der Waals surface area (Å²) in [4.78, 5) is 0. The van der Waals surface area contributed by atoms with Gasteiger partial charge in [-0.1, -0.05) is 18.9 Å². The summed E-state index contributed by atoms with van der Waals surface area (Å²) in [5.74, 6) is 2.52. The van der Waals surface area contributed by atoms with Gasteiger partial charge < -0.3 is 15.2 Å². The molecule has 1 aromatic rings. The number of fused-ring (bicyclic) bond motifs is 1. The SMILES string of the molecule is Cl.N[C@@H](CC1CC1)c1ccc2c(c1)OCO2. The van der Waals surface area contributed by atoms with E-state index in [2.05, 4.69) is 0 Å². The lowest BCUT2D eigenvalue weighted by Gasteiger charge is -2.11. The molecule has 1 atom stereocenters. The summed E-state index contributed by atoms with van der Waals surface area (Å²) in [6.45, 7) is 0.330. The maximum absolute atomic E-state index is 6.13. The topological polar surface area (TPSA) is 44.5 Å². The molecule has 1 aliphatic carbocycles. The summed E-state index contributed by atoms with van der Waals surface area (Å²) >= 11 is 0. The van der Waals surface area contributed by atoms with E-state index in [9.17, 15) is 0 Å². The van der Waals surface area contributed by atoms with Crippen molar-refractivity contribution in [1.82, 2.24) is 0 Å². The number of hydrogen-bond acceptors (Lipinski definition) is 3. The highest BCUT2D eigenvalue weighted by atomic mass is 35.5. The van der Waals surface area contributed by atoms with Crippen LogP contribution in [0.1, 0.15) is 30.9 Å².